The minimum Gasteiger partial charge on any atom is -0.478 e. The van der Waals surface area contributed by atoms with Crippen LogP contribution in [0.5, 0.6) is 0 Å². The maximum Gasteiger partial charge on any atom is 0.337 e. The summed E-state index contributed by atoms with van der Waals surface area (Å²) in [6, 6.07) is 2.23. The van der Waals surface area contributed by atoms with Gasteiger partial charge in [-0.15, -0.1) is 0 Å². The molecule has 0 fully saturated rings. The topological polar surface area (TPSA) is 75.8 Å². The van der Waals surface area contributed by atoms with Crippen LogP contribution in [-0.4, -0.2) is 37.4 Å². The van der Waals surface area contributed by atoms with Crippen LogP contribution in [0.2, 0.25) is 0 Å². The number of benzene rings is 1. The number of nitrogen functional groups attached to an aromatic ring is 1. The highest BCUT2D eigenvalue weighted by atomic mass is 19.1. The molecule has 1 rings (SSSR count). The first-order chi connectivity index (χ1) is 8.92. The number of nitrogens with two attached hydrogens (primary N) is 1. The molecule has 6 heteroatoms. The van der Waals surface area contributed by atoms with Gasteiger partial charge in [-0.05, 0) is 26.0 Å². The summed E-state index contributed by atoms with van der Waals surface area (Å²) >= 11 is 0. The van der Waals surface area contributed by atoms with E-state index in [1.807, 2.05) is 13.8 Å². The van der Waals surface area contributed by atoms with Crippen LogP contribution < -0.4 is 10.6 Å². The Morgan fingerprint density at radius 1 is 1.58 bits per heavy atom. The van der Waals surface area contributed by atoms with E-state index in [9.17, 15) is 9.18 Å². The van der Waals surface area contributed by atoms with Gasteiger partial charge >= 0.3 is 5.97 Å². The summed E-state index contributed by atoms with van der Waals surface area (Å²) < 4.78 is 19.0. The van der Waals surface area contributed by atoms with E-state index in [1.54, 1.807) is 12.0 Å². The fourth-order valence-corrected chi connectivity index (χ4v) is 2.03. The van der Waals surface area contributed by atoms with Crippen LogP contribution in [0.1, 0.15) is 24.2 Å². The van der Waals surface area contributed by atoms with Crippen LogP contribution in [0, 0.1) is 5.82 Å². The molecule has 0 saturated heterocycles. The molecule has 0 aliphatic rings. The highest BCUT2D eigenvalue weighted by Crippen LogP contribution is 2.27. The number of carbonyl (C=O) groups is 1. The molecule has 3 N–H and O–H groups in total. The number of carboxylic acid groups (broad SMARTS) is 1. The molecule has 1 aromatic carbocycles. The van der Waals surface area contributed by atoms with Crippen molar-refractivity contribution < 1.29 is 19.0 Å². The molecule has 0 aromatic heterocycles. The number of rotatable bonds is 6. The lowest BCUT2D eigenvalue weighted by Crippen LogP contribution is -2.36. The molecule has 19 heavy (non-hydrogen) atoms. The number of carboxylic acids is 1. The summed E-state index contributed by atoms with van der Waals surface area (Å²) in [5, 5.41) is 9.03. The van der Waals surface area contributed by atoms with Gasteiger partial charge in [0.1, 0.15) is 5.82 Å². The van der Waals surface area contributed by atoms with Crippen molar-refractivity contribution in [3.8, 4) is 0 Å². The Hall–Kier alpha value is -1.82. The molecule has 0 saturated carbocycles. The molecule has 0 amide bonds. The Kier molecular flexibility index (Phi) is 5.11. The number of aromatic carboxylic acids is 1. The number of ether oxygens (including phenoxy) is 1. The second-order valence-electron chi connectivity index (χ2n) is 4.29. The van der Waals surface area contributed by atoms with Gasteiger partial charge in [-0.25, -0.2) is 9.18 Å². The molecule has 1 aromatic rings. The van der Waals surface area contributed by atoms with Crippen molar-refractivity contribution in [3.63, 3.8) is 0 Å². The molecular formula is C13H19FN2O3. The third-order valence-corrected chi connectivity index (χ3v) is 2.94. The molecule has 0 spiro atoms. The van der Waals surface area contributed by atoms with E-state index in [2.05, 4.69) is 0 Å². The van der Waals surface area contributed by atoms with Crippen molar-refractivity contribution >= 4 is 17.3 Å². The van der Waals surface area contributed by atoms with Gasteiger partial charge in [0.05, 0.1) is 17.9 Å². The first kappa shape index (κ1) is 15.2. The second-order valence-corrected chi connectivity index (χ2v) is 4.29. The minimum atomic E-state index is -1.17. The normalized spacial score (nSPS) is 12.2. The van der Waals surface area contributed by atoms with Crippen LogP contribution in [0.4, 0.5) is 15.8 Å². The Morgan fingerprint density at radius 3 is 2.68 bits per heavy atom. The average molecular weight is 270 g/mol. The Morgan fingerprint density at radius 2 is 2.21 bits per heavy atom. The zero-order valence-electron chi connectivity index (χ0n) is 11.3. The molecule has 0 aliphatic heterocycles. The van der Waals surface area contributed by atoms with Gasteiger partial charge in [0, 0.05) is 25.4 Å². The maximum atomic E-state index is 14.0. The number of halogens is 1. The Labute approximate surface area is 111 Å². The third kappa shape index (κ3) is 3.35. The van der Waals surface area contributed by atoms with E-state index in [0.29, 0.717) is 13.2 Å². The monoisotopic (exact) mass is 270 g/mol. The molecule has 5 nitrogen and oxygen atoms in total. The molecule has 1 unspecified atom stereocenters. The number of methoxy groups -OCH3 is 1. The number of likely N-dealkylation sites (N-methyl/N-ethyl adjacent to an activating group) is 1. The summed E-state index contributed by atoms with van der Waals surface area (Å²) in [4.78, 5) is 12.8. The fourth-order valence-electron chi connectivity index (χ4n) is 2.03. The first-order valence-corrected chi connectivity index (χ1v) is 6.00. The van der Waals surface area contributed by atoms with Crippen molar-refractivity contribution in [2.75, 3.05) is 30.9 Å². The molecule has 0 heterocycles. The lowest BCUT2D eigenvalue weighted by molar-refractivity contribution is 0.0698. The lowest BCUT2D eigenvalue weighted by Gasteiger charge is -2.30. The highest BCUT2D eigenvalue weighted by molar-refractivity contribution is 5.95. The van der Waals surface area contributed by atoms with Crippen molar-refractivity contribution in [2.24, 2.45) is 0 Å². The van der Waals surface area contributed by atoms with Crippen LogP contribution >= 0.6 is 0 Å². The van der Waals surface area contributed by atoms with Crippen molar-refractivity contribution in [1.82, 2.24) is 0 Å². The first-order valence-electron chi connectivity index (χ1n) is 6.00. The van der Waals surface area contributed by atoms with Gasteiger partial charge in [-0.3, -0.25) is 0 Å². The molecular weight excluding hydrogens is 251 g/mol. The SMILES string of the molecule is CCN(c1cc(C(=O)O)c(N)cc1F)C(C)COC. The molecule has 0 radical (unpaired) electrons. The summed E-state index contributed by atoms with van der Waals surface area (Å²) in [6.07, 6.45) is 0. The summed E-state index contributed by atoms with van der Waals surface area (Å²) in [5.41, 5.74) is 5.55. The Bertz CT molecular complexity index is 465. The van der Waals surface area contributed by atoms with Gasteiger partial charge in [0.2, 0.25) is 0 Å². The minimum absolute atomic E-state index is 0.0743. The summed E-state index contributed by atoms with van der Waals surface area (Å²) in [7, 11) is 1.56. The quantitative estimate of drug-likeness (QED) is 0.773. The number of hydrogen-bond donors (Lipinski definition) is 2. The van der Waals surface area contributed by atoms with E-state index in [0.717, 1.165) is 6.07 Å². The van der Waals surface area contributed by atoms with Crippen molar-refractivity contribution in [2.45, 2.75) is 19.9 Å². The summed E-state index contributed by atoms with van der Waals surface area (Å²) in [5.74, 6) is -1.71. The number of hydrogen-bond acceptors (Lipinski definition) is 4. The van der Waals surface area contributed by atoms with Gasteiger partial charge < -0.3 is 20.5 Å². The van der Waals surface area contributed by atoms with Gasteiger partial charge in [0.15, 0.2) is 0 Å². The number of nitrogens with zero attached hydrogens (tertiary/aromatic N) is 1. The largest absolute Gasteiger partial charge is 0.478 e. The average Bonchev–Trinajstić information content (AvgIpc) is 2.32. The maximum absolute atomic E-state index is 14.0. The molecule has 0 bridgehead atoms. The van der Waals surface area contributed by atoms with Crippen molar-refractivity contribution in [3.05, 3.63) is 23.5 Å². The van der Waals surface area contributed by atoms with Gasteiger partial charge in [0.25, 0.3) is 0 Å². The van der Waals surface area contributed by atoms with E-state index < -0.39 is 11.8 Å². The lowest BCUT2D eigenvalue weighted by atomic mass is 10.1. The van der Waals surface area contributed by atoms with Crippen LogP contribution in [0.15, 0.2) is 12.1 Å². The van der Waals surface area contributed by atoms with E-state index in [1.165, 1.54) is 6.07 Å². The number of anilines is 2. The summed E-state index contributed by atoms with van der Waals surface area (Å²) in [6.45, 7) is 4.69. The predicted octanol–water partition coefficient (Wildman–Crippen LogP) is 1.97. The smallest absolute Gasteiger partial charge is 0.337 e. The van der Waals surface area contributed by atoms with Crippen LogP contribution in [0.25, 0.3) is 0 Å². The second kappa shape index (κ2) is 6.38. The predicted molar refractivity (Wildman–Crippen MR) is 72.1 cm³/mol. The molecule has 1 atom stereocenters. The van der Waals surface area contributed by atoms with Crippen LogP contribution in [-0.2, 0) is 4.74 Å². The molecule has 0 aliphatic carbocycles. The zero-order chi connectivity index (χ0) is 14.6. The van der Waals surface area contributed by atoms with Crippen molar-refractivity contribution in [1.29, 1.82) is 0 Å². The zero-order valence-corrected chi connectivity index (χ0v) is 11.3. The van der Waals surface area contributed by atoms with E-state index >= 15 is 0 Å². The Balaban J connectivity index is 3.23. The van der Waals surface area contributed by atoms with Gasteiger partial charge in [-0.1, -0.05) is 0 Å². The van der Waals surface area contributed by atoms with E-state index in [4.69, 9.17) is 15.6 Å². The van der Waals surface area contributed by atoms with E-state index in [-0.39, 0.29) is 23.0 Å². The van der Waals surface area contributed by atoms with Gasteiger partial charge in [-0.2, -0.15) is 0 Å². The standard InChI is InChI=1S/C13H19FN2O3/c1-4-16(8(2)7-19-3)12-5-9(13(17)18)11(15)6-10(12)14/h5-6,8H,4,7,15H2,1-3H3,(H,17,18). The molecule has 106 valence electrons. The fraction of sp³-hybridized carbons (Fsp3) is 0.462. The third-order valence-electron chi connectivity index (χ3n) is 2.94. The van der Waals surface area contributed by atoms with Crippen LogP contribution in [0.3, 0.4) is 0 Å². The highest BCUT2D eigenvalue weighted by Gasteiger charge is 2.20.